The number of furan rings is 1. The molecule has 1 spiro atoms. The molecule has 2 nitrogen and oxygen atoms in total. The fourth-order valence-electron chi connectivity index (χ4n) is 17.3. The van der Waals surface area contributed by atoms with Gasteiger partial charge >= 0.3 is 0 Å². The Hall–Kier alpha value is -7.94. The smallest absolute Gasteiger partial charge is 0.143 e. The van der Waals surface area contributed by atoms with Crippen LogP contribution in [0.1, 0.15) is 93.2 Å². The van der Waals surface area contributed by atoms with Gasteiger partial charge in [0, 0.05) is 49.3 Å². The van der Waals surface area contributed by atoms with Crippen molar-refractivity contribution in [1.29, 1.82) is 0 Å². The van der Waals surface area contributed by atoms with Crippen LogP contribution in [-0.2, 0) is 16.2 Å². The van der Waals surface area contributed by atoms with Crippen LogP contribution in [0.25, 0.3) is 88.3 Å². The Balaban J connectivity index is 0.842. The molecule has 4 fully saturated rings. The molecule has 4 saturated carbocycles. The normalized spacial score (nSPS) is 22.2. The standard InChI is InChI=1S/C74H59NO/c1-72(2)63-21-10-7-15-54(63)56-29-26-49(41-66(56)72)75(50-27-30-57-55-16-8-11-22-64(55)73(3,4)67(57)42-50)69-33-31-51(53-14-5-6-17-59(53)69)46-24-28-58-62-39-45(52-19-13-20-61-60-18-9-12-23-70(60)76-71(52)61)25-32-65(62)74(68(58)40-46)47-35-43-34-44(37-47)38-48(74)36-43/h5-33,39-44,47-48H,34-38H2,1-4H3. The minimum Gasteiger partial charge on any atom is -0.455 e. The van der Waals surface area contributed by atoms with Crippen molar-refractivity contribution in [1.82, 2.24) is 0 Å². The van der Waals surface area contributed by atoms with Crippen molar-refractivity contribution >= 4 is 49.8 Å². The quantitative estimate of drug-likeness (QED) is 0.171. The molecular weight excluding hydrogens is 919 g/mol. The third-order valence-corrected chi connectivity index (χ3v) is 20.5. The third kappa shape index (κ3) is 5.62. The maximum absolute atomic E-state index is 6.66. The van der Waals surface area contributed by atoms with Gasteiger partial charge in [0.05, 0.1) is 5.69 Å². The summed E-state index contributed by atoms with van der Waals surface area (Å²) in [5.41, 5.74) is 27.2. The predicted octanol–water partition coefficient (Wildman–Crippen LogP) is 19.9. The zero-order valence-corrected chi connectivity index (χ0v) is 43.8. The maximum atomic E-state index is 6.66. The monoisotopic (exact) mass is 977 g/mol. The van der Waals surface area contributed by atoms with Gasteiger partial charge in [0.25, 0.3) is 0 Å². The summed E-state index contributed by atoms with van der Waals surface area (Å²) >= 11 is 0. The van der Waals surface area contributed by atoms with E-state index in [2.05, 4.69) is 233 Å². The van der Waals surface area contributed by atoms with Gasteiger partial charge in [-0.2, -0.15) is 0 Å². The molecule has 0 saturated heterocycles. The summed E-state index contributed by atoms with van der Waals surface area (Å²) < 4.78 is 6.66. The van der Waals surface area contributed by atoms with Gasteiger partial charge in [0.2, 0.25) is 0 Å². The highest BCUT2D eigenvalue weighted by Gasteiger charge is 2.61. The molecule has 1 heterocycles. The number of fused-ring (bicyclic) bond motifs is 13. The lowest BCUT2D eigenvalue weighted by Crippen LogP contribution is -2.55. The van der Waals surface area contributed by atoms with Crippen LogP contribution in [0.4, 0.5) is 17.1 Å². The Morgan fingerprint density at radius 3 is 1.55 bits per heavy atom. The number of anilines is 3. The lowest BCUT2D eigenvalue weighted by Gasteiger charge is -2.61. The molecule has 7 aliphatic rings. The van der Waals surface area contributed by atoms with Gasteiger partial charge in [-0.05, 0) is 193 Å². The van der Waals surface area contributed by atoms with Gasteiger partial charge in [0.15, 0.2) is 0 Å². The molecule has 0 radical (unpaired) electrons. The minimum atomic E-state index is -0.132. The van der Waals surface area contributed by atoms with Crippen molar-refractivity contribution in [3.63, 3.8) is 0 Å². The largest absolute Gasteiger partial charge is 0.455 e. The molecule has 0 atom stereocenters. The Kier molecular flexibility index (Phi) is 8.63. The van der Waals surface area contributed by atoms with Gasteiger partial charge in [0.1, 0.15) is 11.2 Å². The van der Waals surface area contributed by atoms with E-state index in [0.717, 1.165) is 23.0 Å². The summed E-state index contributed by atoms with van der Waals surface area (Å²) in [5, 5.41) is 4.89. The van der Waals surface area contributed by atoms with Gasteiger partial charge in [-0.25, -0.2) is 0 Å². The number of benzene rings is 10. The minimum absolute atomic E-state index is 0.0204. The molecular formula is C74H59NO. The molecule has 4 bridgehead atoms. The van der Waals surface area contributed by atoms with Crippen LogP contribution < -0.4 is 4.90 Å². The van der Waals surface area contributed by atoms with Crippen molar-refractivity contribution in [3.8, 4) is 55.6 Å². The van der Waals surface area contributed by atoms with Crippen molar-refractivity contribution in [3.05, 3.63) is 234 Å². The van der Waals surface area contributed by atoms with Crippen molar-refractivity contribution in [2.24, 2.45) is 23.7 Å². The average Bonchev–Trinajstić information content (AvgIpc) is 4.28. The highest BCUT2D eigenvalue weighted by molar-refractivity contribution is 6.10. The van der Waals surface area contributed by atoms with Crippen LogP contribution in [0.5, 0.6) is 0 Å². The fourth-order valence-corrected chi connectivity index (χ4v) is 17.3. The van der Waals surface area contributed by atoms with E-state index in [9.17, 15) is 0 Å². The molecule has 1 aromatic heterocycles. The van der Waals surface area contributed by atoms with E-state index in [-0.39, 0.29) is 16.2 Å². The Morgan fingerprint density at radius 1 is 0.355 bits per heavy atom. The van der Waals surface area contributed by atoms with E-state index >= 15 is 0 Å². The number of rotatable bonds is 5. The third-order valence-electron chi connectivity index (χ3n) is 20.5. The van der Waals surface area contributed by atoms with Crippen molar-refractivity contribution in [2.75, 3.05) is 4.90 Å². The summed E-state index contributed by atoms with van der Waals surface area (Å²) in [7, 11) is 0. The maximum Gasteiger partial charge on any atom is 0.143 e. The van der Waals surface area contributed by atoms with E-state index < -0.39 is 0 Å². The number of para-hydroxylation sites is 2. The molecule has 0 amide bonds. The lowest BCUT2D eigenvalue weighted by molar-refractivity contribution is -0.0399. The fraction of sp³-hybridized carbons (Fsp3) is 0.216. The lowest BCUT2D eigenvalue weighted by atomic mass is 9.43. The van der Waals surface area contributed by atoms with Crippen LogP contribution >= 0.6 is 0 Å². The summed E-state index contributed by atoms with van der Waals surface area (Å²) in [5.74, 6) is 3.05. The van der Waals surface area contributed by atoms with Gasteiger partial charge in [-0.1, -0.05) is 179 Å². The zero-order valence-electron chi connectivity index (χ0n) is 43.8. The Labute approximate surface area is 445 Å². The average molecular weight is 978 g/mol. The van der Waals surface area contributed by atoms with E-state index in [4.69, 9.17) is 4.42 Å². The van der Waals surface area contributed by atoms with Gasteiger partial charge < -0.3 is 9.32 Å². The molecule has 10 aromatic carbocycles. The van der Waals surface area contributed by atoms with Crippen molar-refractivity contribution in [2.45, 2.75) is 76.0 Å². The van der Waals surface area contributed by atoms with E-state index in [1.54, 1.807) is 11.1 Å². The highest BCUT2D eigenvalue weighted by atomic mass is 16.3. The van der Waals surface area contributed by atoms with Crippen LogP contribution in [-0.4, -0.2) is 0 Å². The SMILES string of the molecule is CC1(C)c2ccccc2-c2ccc(N(c3ccc4c(c3)C(C)(C)c3ccccc3-4)c3ccc(-c4ccc5c(c4)C4(c6ccc(-c7cccc8c7oc7ccccc78)cc6-5)C5CC6CC(C5)CC4C6)c4ccccc34)cc21. The second-order valence-corrected chi connectivity index (χ2v) is 24.8. The predicted molar refractivity (Wildman–Crippen MR) is 315 cm³/mol. The van der Waals surface area contributed by atoms with Gasteiger partial charge in [-0.15, -0.1) is 0 Å². The molecule has 7 aliphatic carbocycles. The highest BCUT2D eigenvalue weighted by Crippen LogP contribution is 2.70. The zero-order chi connectivity index (χ0) is 50.4. The number of hydrogen-bond donors (Lipinski definition) is 0. The first-order valence-corrected chi connectivity index (χ1v) is 28.2. The summed E-state index contributed by atoms with van der Waals surface area (Å²) in [6.07, 6.45) is 6.83. The van der Waals surface area contributed by atoms with Crippen LogP contribution in [0.2, 0.25) is 0 Å². The first kappa shape index (κ1) is 43.3. The second kappa shape index (κ2) is 15.1. The molecule has 0 N–H and O–H groups in total. The summed E-state index contributed by atoms with van der Waals surface area (Å²) in [4.78, 5) is 2.57. The first-order valence-electron chi connectivity index (χ1n) is 28.2. The Bertz CT molecular complexity index is 4200. The van der Waals surface area contributed by atoms with Crippen LogP contribution in [0, 0.1) is 23.7 Å². The molecule has 76 heavy (non-hydrogen) atoms. The van der Waals surface area contributed by atoms with Crippen molar-refractivity contribution < 1.29 is 4.42 Å². The molecule has 11 aromatic rings. The van der Waals surface area contributed by atoms with Crippen LogP contribution in [0.15, 0.2) is 205 Å². The topological polar surface area (TPSA) is 16.4 Å². The first-order chi connectivity index (χ1) is 37.1. The summed E-state index contributed by atoms with van der Waals surface area (Å²) in [6.45, 7) is 9.59. The molecule has 0 unspecified atom stereocenters. The Morgan fingerprint density at radius 2 is 0.868 bits per heavy atom. The number of hydrogen-bond acceptors (Lipinski definition) is 2. The van der Waals surface area contributed by atoms with E-state index in [1.165, 1.54) is 149 Å². The summed E-state index contributed by atoms with van der Waals surface area (Å²) in [6, 6.07) is 77.0. The number of nitrogens with zero attached hydrogens (tertiary/aromatic N) is 1. The molecule has 366 valence electrons. The molecule has 2 heteroatoms. The molecule has 0 aliphatic heterocycles. The van der Waals surface area contributed by atoms with Gasteiger partial charge in [-0.3, -0.25) is 0 Å². The van der Waals surface area contributed by atoms with E-state index in [1.807, 2.05) is 0 Å². The van der Waals surface area contributed by atoms with Crippen LogP contribution in [0.3, 0.4) is 0 Å². The second-order valence-electron chi connectivity index (χ2n) is 24.8. The van der Waals surface area contributed by atoms with E-state index in [0.29, 0.717) is 11.8 Å². The molecule has 18 rings (SSSR count).